The average molecular weight is 376 g/mol. The van der Waals surface area contributed by atoms with Crippen LogP contribution in [0.3, 0.4) is 0 Å². The molecule has 3 heterocycles. The molecule has 4 nitrogen and oxygen atoms in total. The molecule has 2 atom stereocenters. The second-order valence-electron chi connectivity index (χ2n) is 8.66. The van der Waals surface area contributed by atoms with Gasteiger partial charge < -0.3 is 9.88 Å². The number of carbonyl (C=O) groups is 1. The summed E-state index contributed by atoms with van der Waals surface area (Å²) in [6, 6.07) is 10.6. The molecule has 2 aromatic rings. The van der Waals surface area contributed by atoms with Crippen molar-refractivity contribution in [2.45, 2.75) is 63.7 Å². The number of hydrogen-bond acceptors (Lipinski definition) is 2. The normalized spacial score (nSPS) is 24.4. The van der Waals surface area contributed by atoms with Gasteiger partial charge in [-0.3, -0.25) is 4.79 Å². The molecular formula is C24H29N3O. The molecule has 1 aromatic carbocycles. The number of hydrogen-bond donors (Lipinski definition) is 1. The fourth-order valence-electron chi connectivity index (χ4n) is 5.27. The van der Waals surface area contributed by atoms with Gasteiger partial charge in [0.05, 0.1) is 23.0 Å². The minimum absolute atomic E-state index is 0.0842. The van der Waals surface area contributed by atoms with Gasteiger partial charge >= 0.3 is 0 Å². The van der Waals surface area contributed by atoms with Crippen molar-refractivity contribution >= 4 is 11.6 Å². The van der Waals surface area contributed by atoms with Gasteiger partial charge in [-0.25, -0.2) is 4.98 Å². The Kier molecular flexibility index (Phi) is 4.58. The van der Waals surface area contributed by atoms with Crippen LogP contribution < -0.4 is 0 Å². The molecule has 0 bridgehead atoms. The van der Waals surface area contributed by atoms with E-state index in [9.17, 15) is 4.79 Å². The minimum Gasteiger partial charge on any atom is -0.340 e. The van der Waals surface area contributed by atoms with E-state index >= 15 is 0 Å². The highest BCUT2D eigenvalue weighted by atomic mass is 16.2. The Morgan fingerprint density at radius 3 is 2.71 bits per heavy atom. The topological polar surface area (TPSA) is 49.0 Å². The summed E-state index contributed by atoms with van der Waals surface area (Å²) in [4.78, 5) is 24.0. The van der Waals surface area contributed by atoms with Crippen molar-refractivity contribution in [1.82, 2.24) is 14.9 Å². The van der Waals surface area contributed by atoms with Crippen LogP contribution in [0.4, 0.5) is 0 Å². The molecule has 1 fully saturated rings. The number of fused-ring (bicyclic) bond motifs is 3. The lowest BCUT2D eigenvalue weighted by Gasteiger charge is -2.30. The highest BCUT2D eigenvalue weighted by Crippen LogP contribution is 2.43. The summed E-state index contributed by atoms with van der Waals surface area (Å²) in [7, 11) is 0. The fourth-order valence-corrected chi connectivity index (χ4v) is 5.27. The molecule has 1 unspecified atom stereocenters. The largest absolute Gasteiger partial charge is 0.340 e. The molecule has 3 aliphatic rings. The zero-order valence-corrected chi connectivity index (χ0v) is 16.7. The Balaban J connectivity index is 1.49. The predicted molar refractivity (Wildman–Crippen MR) is 111 cm³/mol. The van der Waals surface area contributed by atoms with E-state index in [1.54, 1.807) is 0 Å². The summed E-state index contributed by atoms with van der Waals surface area (Å²) in [5, 5.41) is 0. The third-order valence-corrected chi connectivity index (χ3v) is 6.66. The predicted octanol–water partition coefficient (Wildman–Crippen LogP) is 5.01. The first-order valence-electron chi connectivity index (χ1n) is 10.9. The molecule has 0 spiro atoms. The highest BCUT2D eigenvalue weighted by Gasteiger charge is 2.42. The maximum atomic E-state index is 13.3. The first kappa shape index (κ1) is 17.7. The summed E-state index contributed by atoms with van der Waals surface area (Å²) < 4.78 is 0. The molecule has 1 saturated carbocycles. The first-order valence-corrected chi connectivity index (χ1v) is 10.9. The molecule has 2 aliphatic heterocycles. The molecule has 1 aliphatic carbocycles. The standard InChI is InChI=1S/C24H29N3O/c1-2-8-19-21-22(26-23(25-21)18-11-6-7-12-18)20-14-17(15-27(20)24(19)28)13-16-9-4-3-5-10-16/h3-5,9-10,14,17-19H,2,6-8,11-13,15H2,1H3,(H,25,26)/t17-,19?/m0/s1. The Morgan fingerprint density at radius 2 is 1.96 bits per heavy atom. The van der Waals surface area contributed by atoms with Crippen molar-refractivity contribution in [3.8, 4) is 0 Å². The van der Waals surface area contributed by atoms with E-state index in [4.69, 9.17) is 4.98 Å². The van der Waals surface area contributed by atoms with Crippen molar-refractivity contribution in [2.24, 2.45) is 5.92 Å². The van der Waals surface area contributed by atoms with Crippen LogP contribution in [0, 0.1) is 5.92 Å². The van der Waals surface area contributed by atoms with Crippen LogP contribution in [0.25, 0.3) is 5.70 Å². The van der Waals surface area contributed by atoms with Crippen molar-refractivity contribution in [1.29, 1.82) is 0 Å². The van der Waals surface area contributed by atoms with E-state index in [-0.39, 0.29) is 11.8 Å². The van der Waals surface area contributed by atoms with Gasteiger partial charge in [-0.2, -0.15) is 0 Å². The Hall–Kier alpha value is -2.36. The number of rotatable bonds is 5. The van der Waals surface area contributed by atoms with E-state index in [1.807, 2.05) is 4.90 Å². The third kappa shape index (κ3) is 2.99. The molecule has 0 saturated heterocycles. The van der Waals surface area contributed by atoms with Gasteiger partial charge in [-0.1, -0.05) is 62.6 Å². The second kappa shape index (κ2) is 7.23. The number of carbonyl (C=O) groups excluding carboxylic acids is 1. The number of amides is 1. The van der Waals surface area contributed by atoms with Crippen molar-refractivity contribution in [3.05, 3.63) is 59.2 Å². The second-order valence-corrected chi connectivity index (χ2v) is 8.66. The minimum atomic E-state index is -0.0842. The van der Waals surface area contributed by atoms with E-state index in [2.05, 4.69) is 48.3 Å². The smallest absolute Gasteiger partial charge is 0.236 e. The van der Waals surface area contributed by atoms with Gasteiger partial charge in [0.1, 0.15) is 5.82 Å². The van der Waals surface area contributed by atoms with Crippen LogP contribution >= 0.6 is 0 Å². The van der Waals surface area contributed by atoms with Crippen molar-refractivity contribution in [3.63, 3.8) is 0 Å². The van der Waals surface area contributed by atoms with Gasteiger partial charge in [0, 0.05) is 18.4 Å². The number of aromatic amines is 1. The van der Waals surface area contributed by atoms with E-state index in [0.29, 0.717) is 11.8 Å². The van der Waals surface area contributed by atoms with Crippen LogP contribution in [0.1, 0.15) is 80.1 Å². The number of H-pyrrole nitrogens is 1. The summed E-state index contributed by atoms with van der Waals surface area (Å²) in [6.45, 7) is 2.95. The van der Waals surface area contributed by atoms with E-state index < -0.39 is 0 Å². The van der Waals surface area contributed by atoms with Crippen LogP contribution in [-0.4, -0.2) is 27.3 Å². The van der Waals surface area contributed by atoms with E-state index in [1.165, 1.54) is 31.2 Å². The van der Waals surface area contributed by atoms with Gasteiger partial charge in [-0.15, -0.1) is 0 Å². The molecule has 1 N–H and O–H groups in total. The lowest BCUT2D eigenvalue weighted by molar-refractivity contribution is -0.130. The molecule has 4 heteroatoms. The monoisotopic (exact) mass is 375 g/mol. The molecule has 1 amide bonds. The summed E-state index contributed by atoms with van der Waals surface area (Å²) in [5.74, 6) is 2.19. The van der Waals surface area contributed by atoms with Crippen LogP contribution in [-0.2, 0) is 11.2 Å². The van der Waals surface area contributed by atoms with Crippen LogP contribution in [0.2, 0.25) is 0 Å². The Labute approximate surface area is 167 Å². The van der Waals surface area contributed by atoms with Crippen LogP contribution in [0.15, 0.2) is 36.4 Å². The zero-order chi connectivity index (χ0) is 19.1. The quantitative estimate of drug-likeness (QED) is 0.799. The summed E-state index contributed by atoms with van der Waals surface area (Å²) in [5.41, 5.74) is 4.54. The van der Waals surface area contributed by atoms with Crippen molar-refractivity contribution in [2.75, 3.05) is 6.54 Å². The van der Waals surface area contributed by atoms with Crippen molar-refractivity contribution < 1.29 is 4.79 Å². The third-order valence-electron chi connectivity index (χ3n) is 6.66. The number of aromatic nitrogens is 2. The molecule has 28 heavy (non-hydrogen) atoms. The fraction of sp³-hybridized carbons (Fsp3) is 0.500. The lowest BCUT2D eigenvalue weighted by atomic mass is 9.92. The zero-order valence-electron chi connectivity index (χ0n) is 16.7. The number of nitrogens with one attached hydrogen (secondary N) is 1. The Bertz CT molecular complexity index is 892. The van der Waals surface area contributed by atoms with Gasteiger partial charge in [-0.05, 0) is 31.2 Å². The SMILES string of the molecule is CCCC1C(=O)N2C[C@@H](Cc3ccccc3)C=C2c2[nH]c(C3CCCC3)nc21. The van der Waals surface area contributed by atoms with Gasteiger partial charge in [0.2, 0.25) is 5.91 Å². The maximum absolute atomic E-state index is 13.3. The Morgan fingerprint density at radius 1 is 1.18 bits per heavy atom. The summed E-state index contributed by atoms with van der Waals surface area (Å²) >= 11 is 0. The highest BCUT2D eigenvalue weighted by molar-refractivity contribution is 5.96. The maximum Gasteiger partial charge on any atom is 0.236 e. The van der Waals surface area contributed by atoms with Crippen LogP contribution in [0.5, 0.6) is 0 Å². The molecule has 1 aromatic heterocycles. The number of nitrogens with zero attached hydrogens (tertiary/aromatic N) is 2. The van der Waals surface area contributed by atoms with Gasteiger partial charge in [0.15, 0.2) is 0 Å². The first-order chi connectivity index (χ1) is 13.7. The summed E-state index contributed by atoms with van der Waals surface area (Å²) in [6.07, 6.45) is 10.2. The average Bonchev–Trinajstić information content (AvgIpc) is 3.44. The lowest BCUT2D eigenvalue weighted by Crippen LogP contribution is -2.37. The van der Waals surface area contributed by atoms with E-state index in [0.717, 1.165) is 48.7 Å². The van der Waals surface area contributed by atoms with Gasteiger partial charge in [0.25, 0.3) is 0 Å². The molecule has 0 radical (unpaired) electrons. The molecule has 146 valence electrons. The number of benzene rings is 1. The molecule has 5 rings (SSSR count). The molecular weight excluding hydrogens is 346 g/mol. The number of imidazole rings is 1.